The Morgan fingerprint density at radius 1 is 1.08 bits per heavy atom. The highest BCUT2D eigenvalue weighted by molar-refractivity contribution is 7.98. The van der Waals surface area contributed by atoms with Crippen LogP contribution in [0.3, 0.4) is 0 Å². The lowest BCUT2D eigenvalue weighted by Crippen LogP contribution is -2.36. The summed E-state index contributed by atoms with van der Waals surface area (Å²) in [4.78, 5) is 39.3. The second kappa shape index (κ2) is 11.3. The quantitative estimate of drug-likeness (QED) is 0.171. The van der Waals surface area contributed by atoms with E-state index in [2.05, 4.69) is 22.2 Å². The maximum atomic E-state index is 13.5. The smallest absolute Gasteiger partial charge is 0.262 e. The maximum absolute atomic E-state index is 13.5. The van der Waals surface area contributed by atoms with E-state index in [1.54, 1.807) is 22.8 Å². The van der Waals surface area contributed by atoms with Crippen molar-refractivity contribution in [3.63, 3.8) is 0 Å². The topological polar surface area (TPSA) is 92.7 Å². The van der Waals surface area contributed by atoms with Gasteiger partial charge in [0.15, 0.2) is 5.16 Å². The molecule has 0 aliphatic heterocycles. The molecule has 1 amide bonds. The van der Waals surface area contributed by atoms with Crippen molar-refractivity contribution in [1.82, 2.24) is 24.8 Å². The van der Waals surface area contributed by atoms with Crippen molar-refractivity contribution in [2.24, 2.45) is 0 Å². The fraction of sp³-hybridized carbons (Fsp3) is 0.429. The monoisotopic (exact) mass is 503 g/mol. The molecular formula is C28H33N5O2S. The zero-order valence-electron chi connectivity index (χ0n) is 20.8. The molecule has 1 fully saturated rings. The molecule has 5 rings (SSSR count). The number of unbranched alkanes of at least 4 members (excludes halogenated alkanes) is 2. The van der Waals surface area contributed by atoms with Gasteiger partial charge in [-0.15, -0.1) is 0 Å². The Morgan fingerprint density at radius 3 is 2.72 bits per heavy atom. The maximum Gasteiger partial charge on any atom is 0.262 e. The van der Waals surface area contributed by atoms with Crippen LogP contribution in [0.4, 0.5) is 0 Å². The number of fused-ring (bicyclic) bond motifs is 2. The Bertz CT molecular complexity index is 1390. The molecule has 0 saturated heterocycles. The third-order valence-corrected chi connectivity index (χ3v) is 7.87. The Balaban J connectivity index is 1.43. The molecule has 8 heteroatoms. The van der Waals surface area contributed by atoms with Crippen LogP contribution in [0.2, 0.25) is 0 Å². The summed E-state index contributed by atoms with van der Waals surface area (Å²) < 4.78 is 1.78. The van der Waals surface area contributed by atoms with Crippen LogP contribution < -0.4 is 10.9 Å². The van der Waals surface area contributed by atoms with Gasteiger partial charge in [-0.2, -0.15) is 0 Å². The molecule has 0 unspecified atom stereocenters. The van der Waals surface area contributed by atoms with Crippen LogP contribution in [0.15, 0.2) is 52.4 Å². The van der Waals surface area contributed by atoms with Crippen molar-refractivity contribution in [3.8, 4) is 0 Å². The van der Waals surface area contributed by atoms with E-state index in [9.17, 15) is 9.59 Å². The highest BCUT2D eigenvalue weighted by atomic mass is 32.2. The zero-order chi connectivity index (χ0) is 24.9. The van der Waals surface area contributed by atoms with E-state index in [0.29, 0.717) is 33.9 Å². The first kappa shape index (κ1) is 24.6. The normalized spacial score (nSPS) is 14.5. The van der Waals surface area contributed by atoms with Gasteiger partial charge in [-0.3, -0.25) is 14.2 Å². The standard InChI is InChI=1S/C28H33N5O2S/c1-2-3-9-16-33-27(35)21-15-14-19(26(34)29-20-10-5-4-6-11-20)17-24(21)32-28(33)36-18-25-30-22-12-7-8-13-23(22)31-25/h7-8,12-15,17,20H,2-6,9-11,16,18H2,1H3,(H,29,34)(H,30,31). The predicted molar refractivity (Wildman–Crippen MR) is 146 cm³/mol. The first-order valence-electron chi connectivity index (χ1n) is 13.0. The van der Waals surface area contributed by atoms with Gasteiger partial charge in [0.2, 0.25) is 0 Å². The molecule has 2 heterocycles. The zero-order valence-corrected chi connectivity index (χ0v) is 21.6. The molecule has 2 aromatic carbocycles. The molecule has 4 aromatic rings. The van der Waals surface area contributed by atoms with E-state index in [1.807, 2.05) is 24.3 Å². The molecule has 0 atom stereocenters. The SMILES string of the molecule is CCCCCn1c(SCc2nc3ccccc3[nH]2)nc2cc(C(=O)NC3CCCCC3)ccc2c1=O. The average Bonchev–Trinajstić information content (AvgIpc) is 3.32. The Morgan fingerprint density at radius 2 is 1.92 bits per heavy atom. The van der Waals surface area contributed by atoms with Gasteiger partial charge in [-0.1, -0.05) is 62.9 Å². The minimum absolute atomic E-state index is 0.0533. The van der Waals surface area contributed by atoms with Gasteiger partial charge in [0, 0.05) is 18.2 Å². The van der Waals surface area contributed by atoms with Gasteiger partial charge in [0.1, 0.15) is 5.82 Å². The van der Waals surface area contributed by atoms with Crippen molar-refractivity contribution in [3.05, 3.63) is 64.2 Å². The van der Waals surface area contributed by atoms with Crippen LogP contribution in [0.25, 0.3) is 21.9 Å². The number of imidazole rings is 1. The third kappa shape index (κ3) is 5.48. The summed E-state index contributed by atoms with van der Waals surface area (Å²) in [6.07, 6.45) is 8.68. The van der Waals surface area contributed by atoms with Crippen molar-refractivity contribution >= 4 is 39.6 Å². The molecule has 2 aromatic heterocycles. The molecular weight excluding hydrogens is 470 g/mol. The van der Waals surface area contributed by atoms with Crippen LogP contribution in [0, 0.1) is 0 Å². The van der Waals surface area contributed by atoms with Gasteiger partial charge in [-0.25, -0.2) is 9.97 Å². The van der Waals surface area contributed by atoms with Gasteiger partial charge < -0.3 is 10.3 Å². The van der Waals surface area contributed by atoms with Gasteiger partial charge in [0.25, 0.3) is 11.5 Å². The summed E-state index contributed by atoms with van der Waals surface area (Å²) in [6, 6.07) is 13.4. The Hall–Kier alpha value is -3.13. The molecule has 7 nitrogen and oxygen atoms in total. The fourth-order valence-electron chi connectivity index (χ4n) is 4.89. The molecule has 1 aliphatic carbocycles. The molecule has 1 saturated carbocycles. The number of aromatic nitrogens is 4. The second-order valence-corrected chi connectivity index (χ2v) is 10.5. The van der Waals surface area contributed by atoms with Gasteiger partial charge in [0.05, 0.1) is 27.7 Å². The summed E-state index contributed by atoms with van der Waals surface area (Å²) in [5.74, 6) is 1.33. The van der Waals surface area contributed by atoms with E-state index < -0.39 is 0 Å². The average molecular weight is 504 g/mol. The minimum atomic E-state index is -0.0887. The number of nitrogens with zero attached hydrogens (tertiary/aromatic N) is 3. The number of nitrogens with one attached hydrogen (secondary N) is 2. The number of carbonyl (C=O) groups excluding carboxylic acids is 1. The molecule has 36 heavy (non-hydrogen) atoms. The number of thioether (sulfide) groups is 1. The summed E-state index contributed by atoms with van der Waals surface area (Å²) in [6.45, 7) is 2.78. The first-order valence-corrected chi connectivity index (χ1v) is 14.0. The number of benzene rings is 2. The Kier molecular flexibility index (Phi) is 7.70. The van der Waals surface area contributed by atoms with Crippen molar-refractivity contribution < 1.29 is 4.79 Å². The van der Waals surface area contributed by atoms with Crippen LogP contribution in [-0.4, -0.2) is 31.5 Å². The molecule has 0 spiro atoms. The molecule has 0 radical (unpaired) electrons. The van der Waals surface area contributed by atoms with Crippen LogP contribution in [-0.2, 0) is 12.3 Å². The number of carbonyl (C=O) groups is 1. The Labute approximate surface area is 215 Å². The van der Waals surface area contributed by atoms with Gasteiger partial charge in [-0.05, 0) is 49.6 Å². The second-order valence-electron chi connectivity index (χ2n) is 9.59. The third-order valence-electron chi connectivity index (χ3n) is 6.88. The van der Waals surface area contributed by atoms with Gasteiger partial charge >= 0.3 is 0 Å². The van der Waals surface area contributed by atoms with E-state index >= 15 is 0 Å². The lowest BCUT2D eigenvalue weighted by molar-refractivity contribution is 0.0928. The lowest BCUT2D eigenvalue weighted by atomic mass is 9.95. The van der Waals surface area contributed by atoms with Crippen LogP contribution in [0.5, 0.6) is 0 Å². The number of rotatable bonds is 9. The highest BCUT2D eigenvalue weighted by Gasteiger charge is 2.18. The molecule has 2 N–H and O–H groups in total. The van der Waals surface area contributed by atoms with Crippen molar-refractivity contribution in [2.75, 3.05) is 0 Å². The van der Waals surface area contributed by atoms with E-state index in [0.717, 1.165) is 61.8 Å². The van der Waals surface area contributed by atoms with Crippen LogP contribution in [0.1, 0.15) is 74.5 Å². The molecule has 0 bridgehead atoms. The first-order chi connectivity index (χ1) is 17.6. The summed E-state index contributed by atoms with van der Waals surface area (Å²) >= 11 is 1.50. The number of hydrogen-bond donors (Lipinski definition) is 2. The number of para-hydroxylation sites is 2. The summed E-state index contributed by atoms with van der Waals surface area (Å²) in [7, 11) is 0. The predicted octanol–water partition coefficient (Wildman–Crippen LogP) is 5.82. The number of amides is 1. The summed E-state index contributed by atoms with van der Waals surface area (Å²) in [5, 5.41) is 4.38. The fourth-order valence-corrected chi connectivity index (χ4v) is 5.79. The van der Waals surface area contributed by atoms with E-state index in [1.165, 1.54) is 18.2 Å². The van der Waals surface area contributed by atoms with E-state index in [-0.39, 0.29) is 17.5 Å². The highest BCUT2D eigenvalue weighted by Crippen LogP contribution is 2.24. The molecule has 1 aliphatic rings. The summed E-state index contributed by atoms with van der Waals surface area (Å²) in [5.41, 5.74) is 2.98. The lowest BCUT2D eigenvalue weighted by Gasteiger charge is -2.22. The van der Waals surface area contributed by atoms with Crippen molar-refractivity contribution in [2.45, 2.75) is 81.8 Å². The number of aromatic amines is 1. The van der Waals surface area contributed by atoms with Crippen LogP contribution >= 0.6 is 11.8 Å². The van der Waals surface area contributed by atoms with E-state index in [4.69, 9.17) is 4.98 Å². The molecule has 188 valence electrons. The number of hydrogen-bond acceptors (Lipinski definition) is 5. The number of H-pyrrole nitrogens is 1. The largest absolute Gasteiger partial charge is 0.349 e. The minimum Gasteiger partial charge on any atom is -0.349 e. The van der Waals surface area contributed by atoms with Crippen molar-refractivity contribution in [1.29, 1.82) is 0 Å².